The van der Waals surface area contributed by atoms with Crippen molar-refractivity contribution in [3.05, 3.63) is 48.0 Å². The minimum atomic E-state index is -0.534. The van der Waals surface area contributed by atoms with Gasteiger partial charge in [0, 0.05) is 37.7 Å². The largest absolute Gasteiger partial charge is 0.344 e. The lowest BCUT2D eigenvalue weighted by molar-refractivity contribution is -0.140. The highest BCUT2D eigenvalue weighted by Crippen LogP contribution is 2.23. The van der Waals surface area contributed by atoms with Crippen LogP contribution in [0.3, 0.4) is 0 Å². The Kier molecular flexibility index (Phi) is 8.11. The van der Waals surface area contributed by atoms with Crippen LogP contribution in [0.25, 0.3) is 10.8 Å². The predicted molar refractivity (Wildman–Crippen MR) is 132 cm³/mol. The molecule has 2 aromatic carbocycles. The first-order chi connectivity index (χ1) is 15.7. The summed E-state index contributed by atoms with van der Waals surface area (Å²) in [5.41, 5.74) is 0.693. The van der Waals surface area contributed by atoms with E-state index in [-0.39, 0.29) is 35.6 Å². The van der Waals surface area contributed by atoms with Gasteiger partial charge in [0.25, 0.3) is 5.91 Å². The Balaban J connectivity index is 1.72. The molecule has 3 amide bonds. The summed E-state index contributed by atoms with van der Waals surface area (Å²) in [6.07, 6.45) is 1.21. The van der Waals surface area contributed by atoms with Gasteiger partial charge in [0.1, 0.15) is 6.04 Å². The van der Waals surface area contributed by atoms with E-state index < -0.39 is 6.04 Å². The van der Waals surface area contributed by atoms with Crippen molar-refractivity contribution in [1.29, 1.82) is 0 Å². The van der Waals surface area contributed by atoms with E-state index in [4.69, 9.17) is 0 Å². The molecule has 3 rings (SSSR count). The second-order valence-corrected chi connectivity index (χ2v) is 9.69. The average molecular weight is 452 g/mol. The summed E-state index contributed by atoms with van der Waals surface area (Å²) in [6, 6.07) is 13.0. The summed E-state index contributed by atoms with van der Waals surface area (Å²) in [7, 11) is 0. The molecule has 1 aliphatic heterocycles. The van der Waals surface area contributed by atoms with Crippen molar-refractivity contribution in [3.8, 4) is 0 Å². The number of nitrogens with zero attached hydrogens (tertiary/aromatic N) is 2. The fraction of sp³-hybridized carbons (Fsp3) is 0.519. The second-order valence-electron chi connectivity index (χ2n) is 9.69. The first-order valence-electron chi connectivity index (χ1n) is 12.1. The van der Waals surface area contributed by atoms with Crippen LogP contribution < -0.4 is 5.32 Å². The first kappa shape index (κ1) is 24.7. The Morgan fingerprint density at radius 3 is 2.39 bits per heavy atom. The fourth-order valence-electron chi connectivity index (χ4n) is 4.51. The van der Waals surface area contributed by atoms with Crippen molar-refractivity contribution in [2.45, 2.75) is 59.5 Å². The van der Waals surface area contributed by atoms with Crippen LogP contribution in [0, 0.1) is 11.8 Å². The monoisotopic (exact) mass is 451 g/mol. The summed E-state index contributed by atoms with van der Waals surface area (Å²) in [4.78, 5) is 42.9. The van der Waals surface area contributed by atoms with Crippen molar-refractivity contribution < 1.29 is 14.4 Å². The summed E-state index contributed by atoms with van der Waals surface area (Å²) >= 11 is 0. The van der Waals surface area contributed by atoms with Crippen LogP contribution in [0.15, 0.2) is 42.5 Å². The molecule has 3 unspecified atom stereocenters. The molecule has 1 saturated heterocycles. The summed E-state index contributed by atoms with van der Waals surface area (Å²) < 4.78 is 0. The highest BCUT2D eigenvalue weighted by Gasteiger charge is 2.35. The molecule has 6 heteroatoms. The molecule has 1 N–H and O–H groups in total. The zero-order valence-electron chi connectivity index (χ0n) is 20.5. The molecular weight excluding hydrogens is 414 g/mol. The Labute approximate surface area is 197 Å². The van der Waals surface area contributed by atoms with Crippen LogP contribution in [0.1, 0.15) is 57.8 Å². The van der Waals surface area contributed by atoms with Crippen LogP contribution in [-0.2, 0) is 9.59 Å². The summed E-state index contributed by atoms with van der Waals surface area (Å²) in [5, 5.41) is 4.97. The van der Waals surface area contributed by atoms with Gasteiger partial charge in [-0.1, -0.05) is 70.5 Å². The SMILES string of the molecule is CCC(C)C(NC(=O)CC(C)C)C(=O)N1CCN(C(=O)c2cccc3ccccc23)C(C)C1. The maximum Gasteiger partial charge on any atom is 0.254 e. The van der Waals surface area contributed by atoms with Gasteiger partial charge in [0.2, 0.25) is 11.8 Å². The zero-order valence-corrected chi connectivity index (χ0v) is 20.5. The summed E-state index contributed by atoms with van der Waals surface area (Å²) in [5.74, 6) is 0.141. The normalized spacial score (nSPS) is 18.3. The molecule has 1 aliphatic rings. The molecule has 0 aliphatic carbocycles. The number of benzene rings is 2. The van der Waals surface area contributed by atoms with E-state index in [1.807, 2.05) is 86.9 Å². The Morgan fingerprint density at radius 1 is 1.03 bits per heavy atom. The molecule has 0 spiro atoms. The smallest absolute Gasteiger partial charge is 0.254 e. The molecular formula is C27H37N3O3. The van der Waals surface area contributed by atoms with Gasteiger partial charge in [0.15, 0.2) is 0 Å². The molecule has 0 bridgehead atoms. The molecule has 0 aromatic heterocycles. The van der Waals surface area contributed by atoms with Gasteiger partial charge in [-0.15, -0.1) is 0 Å². The molecule has 3 atom stereocenters. The lowest BCUT2D eigenvalue weighted by Crippen LogP contribution is -2.60. The number of fused-ring (bicyclic) bond motifs is 1. The number of nitrogens with one attached hydrogen (secondary N) is 1. The lowest BCUT2D eigenvalue weighted by Gasteiger charge is -2.41. The molecule has 0 saturated carbocycles. The highest BCUT2D eigenvalue weighted by molar-refractivity contribution is 6.07. The van der Waals surface area contributed by atoms with Crippen molar-refractivity contribution in [2.75, 3.05) is 19.6 Å². The van der Waals surface area contributed by atoms with E-state index in [9.17, 15) is 14.4 Å². The topological polar surface area (TPSA) is 69.7 Å². The van der Waals surface area contributed by atoms with E-state index >= 15 is 0 Å². The van der Waals surface area contributed by atoms with Crippen LogP contribution in [0.5, 0.6) is 0 Å². The quantitative estimate of drug-likeness (QED) is 0.689. The van der Waals surface area contributed by atoms with E-state index in [2.05, 4.69) is 5.32 Å². The highest BCUT2D eigenvalue weighted by atomic mass is 16.2. The standard InChI is InChI=1S/C27H37N3O3/c1-6-19(4)25(28-24(31)16-18(2)3)27(33)29-14-15-30(20(5)17-29)26(32)23-13-9-11-21-10-7-8-12-22(21)23/h7-13,18-20,25H,6,14-17H2,1-5H3,(H,28,31). The number of hydrogen-bond acceptors (Lipinski definition) is 3. The van der Waals surface area contributed by atoms with Gasteiger partial charge in [0.05, 0.1) is 0 Å². The van der Waals surface area contributed by atoms with Gasteiger partial charge >= 0.3 is 0 Å². The third kappa shape index (κ3) is 5.73. The number of carbonyl (C=O) groups excluding carboxylic acids is 3. The summed E-state index contributed by atoms with van der Waals surface area (Å²) in [6.45, 7) is 11.4. The van der Waals surface area contributed by atoms with Crippen molar-refractivity contribution in [1.82, 2.24) is 15.1 Å². The van der Waals surface area contributed by atoms with Gasteiger partial charge in [-0.25, -0.2) is 0 Å². The maximum atomic E-state index is 13.4. The number of hydrogen-bond donors (Lipinski definition) is 1. The molecule has 33 heavy (non-hydrogen) atoms. The van der Waals surface area contributed by atoms with E-state index in [0.29, 0.717) is 31.6 Å². The maximum absolute atomic E-state index is 13.4. The molecule has 1 fully saturated rings. The molecule has 178 valence electrons. The minimum Gasteiger partial charge on any atom is -0.344 e. The van der Waals surface area contributed by atoms with Crippen LogP contribution >= 0.6 is 0 Å². The van der Waals surface area contributed by atoms with Crippen LogP contribution in [-0.4, -0.2) is 59.2 Å². The minimum absolute atomic E-state index is 0.00453. The number of piperazine rings is 1. The van der Waals surface area contributed by atoms with Gasteiger partial charge < -0.3 is 15.1 Å². The third-order valence-electron chi connectivity index (χ3n) is 6.61. The van der Waals surface area contributed by atoms with E-state index in [0.717, 1.165) is 17.2 Å². The molecule has 2 aromatic rings. The van der Waals surface area contributed by atoms with Crippen LogP contribution in [0.2, 0.25) is 0 Å². The zero-order chi connectivity index (χ0) is 24.1. The van der Waals surface area contributed by atoms with Crippen molar-refractivity contribution in [3.63, 3.8) is 0 Å². The second kappa shape index (κ2) is 10.8. The van der Waals surface area contributed by atoms with E-state index in [1.54, 1.807) is 0 Å². The number of rotatable bonds is 7. The lowest BCUT2D eigenvalue weighted by atomic mass is 9.96. The first-order valence-corrected chi connectivity index (χ1v) is 12.1. The third-order valence-corrected chi connectivity index (χ3v) is 6.61. The molecule has 1 heterocycles. The Hall–Kier alpha value is -2.89. The molecule has 0 radical (unpaired) electrons. The number of carbonyl (C=O) groups is 3. The fourth-order valence-corrected chi connectivity index (χ4v) is 4.51. The van der Waals surface area contributed by atoms with Crippen LogP contribution in [0.4, 0.5) is 0 Å². The van der Waals surface area contributed by atoms with E-state index in [1.165, 1.54) is 0 Å². The van der Waals surface area contributed by atoms with Gasteiger partial charge in [-0.05, 0) is 35.6 Å². The van der Waals surface area contributed by atoms with Gasteiger partial charge in [-0.2, -0.15) is 0 Å². The Morgan fingerprint density at radius 2 is 1.73 bits per heavy atom. The number of amides is 3. The average Bonchev–Trinajstić information content (AvgIpc) is 2.80. The van der Waals surface area contributed by atoms with Crippen molar-refractivity contribution >= 4 is 28.5 Å². The van der Waals surface area contributed by atoms with Crippen molar-refractivity contribution in [2.24, 2.45) is 11.8 Å². The van der Waals surface area contributed by atoms with Gasteiger partial charge in [-0.3, -0.25) is 14.4 Å². The Bertz CT molecular complexity index is 998. The predicted octanol–water partition coefficient (Wildman–Crippen LogP) is 4.09. The molecule has 6 nitrogen and oxygen atoms in total.